The summed E-state index contributed by atoms with van der Waals surface area (Å²) >= 11 is 0. The van der Waals surface area contributed by atoms with E-state index in [2.05, 4.69) is 0 Å². The second-order valence-corrected chi connectivity index (χ2v) is 7.21. The molecule has 29 heavy (non-hydrogen) atoms. The number of hydrogen-bond donors (Lipinski definition) is 0. The Morgan fingerprint density at radius 1 is 0.931 bits per heavy atom. The van der Waals surface area contributed by atoms with Crippen LogP contribution in [-0.4, -0.2) is 10.5 Å². The van der Waals surface area contributed by atoms with Gasteiger partial charge in [-0.15, -0.1) is 0 Å². The van der Waals surface area contributed by atoms with Crippen LogP contribution in [0.1, 0.15) is 34.1 Å². The summed E-state index contributed by atoms with van der Waals surface area (Å²) in [6, 6.07) is 12.0. The van der Waals surface area contributed by atoms with Crippen molar-refractivity contribution in [1.82, 2.24) is 4.57 Å². The van der Waals surface area contributed by atoms with Crippen molar-refractivity contribution in [2.75, 3.05) is 4.90 Å². The van der Waals surface area contributed by atoms with Crippen molar-refractivity contribution in [3.05, 3.63) is 88.5 Å². The topological polar surface area (TPSA) is 25.2 Å². The van der Waals surface area contributed by atoms with E-state index >= 15 is 0 Å². The van der Waals surface area contributed by atoms with Gasteiger partial charge in [0.1, 0.15) is 11.9 Å². The Balaban J connectivity index is 1.73. The van der Waals surface area contributed by atoms with Crippen LogP contribution >= 0.6 is 0 Å². The van der Waals surface area contributed by atoms with Crippen molar-refractivity contribution in [1.29, 1.82) is 0 Å². The number of anilines is 1. The predicted molar refractivity (Wildman–Crippen MR) is 101 cm³/mol. The number of nitrogens with zero attached hydrogens (tertiary/aromatic N) is 2. The maximum atomic E-state index is 14.0. The smallest absolute Gasteiger partial charge is 0.333 e. The molecule has 0 radical (unpaired) electrons. The minimum absolute atomic E-state index is 0.103. The van der Waals surface area contributed by atoms with Crippen LogP contribution in [0.3, 0.4) is 0 Å². The van der Waals surface area contributed by atoms with Crippen molar-refractivity contribution in [3.8, 4) is 0 Å². The molecule has 0 N–H and O–H groups in total. The molecule has 0 saturated heterocycles. The van der Waals surface area contributed by atoms with Crippen LogP contribution in [0.15, 0.2) is 54.6 Å². The number of alkyl halides is 3. The van der Waals surface area contributed by atoms with Crippen molar-refractivity contribution in [2.45, 2.75) is 32.6 Å². The lowest BCUT2D eigenvalue weighted by Crippen LogP contribution is -2.31. The summed E-state index contributed by atoms with van der Waals surface area (Å²) < 4.78 is 54.2. The molecule has 1 amide bonds. The molecule has 1 aliphatic heterocycles. The van der Waals surface area contributed by atoms with E-state index in [0.29, 0.717) is 16.8 Å². The number of carbonyl (C=O) groups excluding carboxylic acids is 1. The fourth-order valence-corrected chi connectivity index (χ4v) is 3.87. The Kier molecular flexibility index (Phi) is 4.48. The third-order valence-electron chi connectivity index (χ3n) is 5.28. The molecule has 2 heterocycles. The quantitative estimate of drug-likeness (QED) is 0.539. The van der Waals surface area contributed by atoms with Gasteiger partial charge in [0.05, 0.1) is 17.8 Å². The minimum atomic E-state index is -4.42. The molecule has 0 fully saturated rings. The molecule has 4 rings (SSSR count). The van der Waals surface area contributed by atoms with Gasteiger partial charge in [-0.3, -0.25) is 4.79 Å². The van der Waals surface area contributed by atoms with Crippen LogP contribution in [0.4, 0.5) is 23.2 Å². The Hall–Kier alpha value is -3.09. The number of aryl methyl sites for hydroxylation is 2. The fraction of sp³-hybridized carbons (Fsp3) is 0.227. The van der Waals surface area contributed by atoms with Gasteiger partial charge in [-0.1, -0.05) is 12.1 Å². The summed E-state index contributed by atoms with van der Waals surface area (Å²) in [5.74, 6) is -0.687. The third-order valence-corrected chi connectivity index (χ3v) is 5.28. The monoisotopic (exact) mass is 402 g/mol. The van der Waals surface area contributed by atoms with Gasteiger partial charge in [-0.25, -0.2) is 4.39 Å². The van der Waals surface area contributed by atoms with Gasteiger partial charge < -0.3 is 9.47 Å². The highest BCUT2D eigenvalue weighted by Gasteiger charge is 2.39. The number of rotatable bonds is 3. The van der Waals surface area contributed by atoms with Crippen LogP contribution in [0, 0.1) is 19.7 Å². The van der Waals surface area contributed by atoms with E-state index in [-0.39, 0.29) is 12.5 Å². The van der Waals surface area contributed by atoms with Crippen LogP contribution in [0.5, 0.6) is 0 Å². The van der Waals surface area contributed by atoms with Gasteiger partial charge in [0.15, 0.2) is 0 Å². The van der Waals surface area contributed by atoms with Crippen molar-refractivity contribution in [3.63, 3.8) is 0 Å². The fourth-order valence-electron chi connectivity index (χ4n) is 3.87. The van der Waals surface area contributed by atoms with Gasteiger partial charge in [0.25, 0.3) is 5.91 Å². The molecule has 2 aromatic carbocycles. The number of carbonyl (C=O) groups is 1. The van der Waals surface area contributed by atoms with E-state index in [1.807, 2.05) is 30.5 Å². The van der Waals surface area contributed by atoms with E-state index in [1.54, 1.807) is 6.07 Å². The zero-order chi connectivity index (χ0) is 20.9. The van der Waals surface area contributed by atoms with E-state index in [4.69, 9.17) is 0 Å². The predicted octanol–water partition coefficient (Wildman–Crippen LogP) is 5.40. The van der Waals surface area contributed by atoms with Crippen molar-refractivity contribution < 1.29 is 22.4 Å². The minimum Gasteiger partial charge on any atom is -0.333 e. The Morgan fingerprint density at radius 3 is 2.14 bits per heavy atom. The summed E-state index contributed by atoms with van der Waals surface area (Å²) in [7, 11) is 0. The van der Waals surface area contributed by atoms with E-state index in [0.717, 1.165) is 23.5 Å². The first-order valence-electron chi connectivity index (χ1n) is 9.08. The largest absolute Gasteiger partial charge is 0.416 e. The molecule has 0 bridgehead atoms. The van der Waals surface area contributed by atoms with Crippen LogP contribution in [0.2, 0.25) is 0 Å². The average Bonchev–Trinajstić information content (AvgIpc) is 3.11. The Morgan fingerprint density at radius 2 is 1.55 bits per heavy atom. The SMILES string of the molecule is Cc1ccc(C)n1C1C(=O)N(Cc2ccc(C(F)(F)F)cc2)c2ccc(F)cc21. The summed E-state index contributed by atoms with van der Waals surface area (Å²) in [5.41, 5.74) is 2.66. The maximum Gasteiger partial charge on any atom is 0.416 e. The Labute approximate surface area is 165 Å². The molecule has 7 heteroatoms. The number of benzene rings is 2. The summed E-state index contributed by atoms with van der Waals surface area (Å²) in [5, 5.41) is 0. The molecular formula is C22H18F4N2O. The highest BCUT2D eigenvalue weighted by atomic mass is 19.4. The first kappa shape index (κ1) is 19.2. The average molecular weight is 402 g/mol. The molecule has 0 spiro atoms. The lowest BCUT2D eigenvalue weighted by atomic mass is 10.1. The number of halogens is 4. The molecule has 1 unspecified atom stereocenters. The van der Waals surface area contributed by atoms with E-state index in [9.17, 15) is 22.4 Å². The van der Waals surface area contributed by atoms with Gasteiger partial charge in [-0.2, -0.15) is 13.2 Å². The normalized spacial score (nSPS) is 16.4. The lowest BCUT2D eigenvalue weighted by Gasteiger charge is -2.20. The highest BCUT2D eigenvalue weighted by Crippen LogP contribution is 2.41. The zero-order valence-corrected chi connectivity index (χ0v) is 15.8. The van der Waals surface area contributed by atoms with Crippen LogP contribution < -0.4 is 4.90 Å². The number of aromatic nitrogens is 1. The third kappa shape index (κ3) is 3.30. The summed E-state index contributed by atoms with van der Waals surface area (Å²) in [4.78, 5) is 14.8. The highest BCUT2D eigenvalue weighted by molar-refractivity contribution is 6.05. The molecule has 0 saturated carbocycles. The van der Waals surface area contributed by atoms with Gasteiger partial charge >= 0.3 is 6.18 Å². The molecule has 1 aromatic heterocycles. The lowest BCUT2D eigenvalue weighted by molar-refractivity contribution is -0.137. The van der Waals surface area contributed by atoms with Crippen molar-refractivity contribution >= 4 is 11.6 Å². The molecule has 1 aliphatic rings. The van der Waals surface area contributed by atoms with Crippen LogP contribution in [-0.2, 0) is 17.5 Å². The van der Waals surface area contributed by atoms with Gasteiger partial charge in [-0.05, 0) is 61.9 Å². The van der Waals surface area contributed by atoms with Gasteiger partial charge in [0, 0.05) is 17.0 Å². The van der Waals surface area contributed by atoms with Crippen LogP contribution in [0.25, 0.3) is 0 Å². The second kappa shape index (κ2) is 6.76. The standard InChI is InChI=1S/C22H18F4N2O/c1-13-3-4-14(2)28(13)20-18-11-17(23)9-10-19(18)27(21(20)29)12-15-5-7-16(8-6-15)22(24,25)26/h3-11,20H,12H2,1-2H3. The molecular weight excluding hydrogens is 384 g/mol. The number of fused-ring (bicyclic) bond motifs is 1. The molecule has 3 nitrogen and oxygen atoms in total. The first-order chi connectivity index (χ1) is 13.7. The maximum absolute atomic E-state index is 14.0. The molecule has 3 aromatic rings. The molecule has 150 valence electrons. The zero-order valence-electron chi connectivity index (χ0n) is 15.8. The van der Waals surface area contributed by atoms with E-state index < -0.39 is 23.6 Å². The Bertz CT molecular complexity index is 1060. The molecule has 1 atom stereocenters. The summed E-state index contributed by atoms with van der Waals surface area (Å²) in [6.45, 7) is 3.85. The number of hydrogen-bond acceptors (Lipinski definition) is 1. The van der Waals surface area contributed by atoms with Gasteiger partial charge in [0.2, 0.25) is 0 Å². The van der Waals surface area contributed by atoms with E-state index in [1.165, 1.54) is 29.2 Å². The molecule has 0 aliphatic carbocycles. The first-order valence-corrected chi connectivity index (χ1v) is 9.08. The van der Waals surface area contributed by atoms with Crippen molar-refractivity contribution in [2.24, 2.45) is 0 Å². The summed E-state index contributed by atoms with van der Waals surface area (Å²) in [6.07, 6.45) is -4.42. The number of amides is 1. The second-order valence-electron chi connectivity index (χ2n) is 7.21.